The Morgan fingerprint density at radius 3 is 2.73 bits per heavy atom. The Morgan fingerprint density at radius 1 is 1.45 bits per heavy atom. The lowest BCUT2D eigenvalue weighted by molar-refractivity contribution is 0.899. The predicted molar refractivity (Wildman–Crippen MR) is 48.0 cm³/mol. The van der Waals surface area contributed by atoms with Crippen LogP contribution >= 0.6 is 11.6 Å². The maximum absolute atomic E-state index is 5.71. The van der Waals surface area contributed by atoms with Crippen LogP contribution in [-0.4, -0.2) is 4.98 Å². The van der Waals surface area contributed by atoms with E-state index in [1.165, 1.54) is 5.56 Å². The van der Waals surface area contributed by atoms with Crippen LogP contribution in [0.15, 0.2) is 12.1 Å². The van der Waals surface area contributed by atoms with Gasteiger partial charge in [-0.1, -0.05) is 31.0 Å². The molecule has 0 saturated carbocycles. The zero-order valence-electron chi connectivity index (χ0n) is 6.89. The fourth-order valence-corrected chi connectivity index (χ4v) is 1.28. The van der Waals surface area contributed by atoms with Gasteiger partial charge in [0.25, 0.3) is 0 Å². The number of nitrogens with zero attached hydrogens (tertiary/aromatic N) is 1. The second kappa shape index (κ2) is 3.72. The molecule has 0 aliphatic carbocycles. The summed E-state index contributed by atoms with van der Waals surface area (Å²) in [6.45, 7) is 4.16. The lowest BCUT2D eigenvalue weighted by Gasteiger charge is -2.02. The molecule has 0 unspecified atom stereocenters. The number of aryl methyl sites for hydroxylation is 2. The van der Waals surface area contributed by atoms with E-state index in [2.05, 4.69) is 11.9 Å². The molecule has 0 saturated heterocycles. The highest BCUT2D eigenvalue weighted by Gasteiger charge is 1.97. The van der Waals surface area contributed by atoms with Crippen LogP contribution < -0.4 is 0 Å². The SMILES string of the molecule is CCCc1ccc(Cl)nc1C. The molecule has 0 aliphatic rings. The highest BCUT2D eigenvalue weighted by molar-refractivity contribution is 6.29. The van der Waals surface area contributed by atoms with Gasteiger partial charge in [0.05, 0.1) is 0 Å². The van der Waals surface area contributed by atoms with Crippen LogP contribution in [0.3, 0.4) is 0 Å². The van der Waals surface area contributed by atoms with Crippen LogP contribution in [0.1, 0.15) is 24.6 Å². The average molecular weight is 170 g/mol. The Morgan fingerprint density at radius 2 is 2.18 bits per heavy atom. The summed E-state index contributed by atoms with van der Waals surface area (Å²) in [6, 6.07) is 3.90. The third-order valence-corrected chi connectivity index (χ3v) is 1.89. The predicted octanol–water partition coefficient (Wildman–Crippen LogP) is 3.00. The van der Waals surface area contributed by atoms with Crippen molar-refractivity contribution in [2.24, 2.45) is 0 Å². The summed E-state index contributed by atoms with van der Waals surface area (Å²) in [7, 11) is 0. The molecule has 11 heavy (non-hydrogen) atoms. The summed E-state index contributed by atoms with van der Waals surface area (Å²) in [6.07, 6.45) is 2.25. The zero-order valence-corrected chi connectivity index (χ0v) is 7.65. The molecule has 60 valence electrons. The molecule has 0 amide bonds. The first-order valence-corrected chi connectivity index (χ1v) is 4.24. The van der Waals surface area contributed by atoms with Crippen molar-refractivity contribution < 1.29 is 0 Å². The Balaban J connectivity index is 2.90. The minimum atomic E-state index is 0.586. The van der Waals surface area contributed by atoms with E-state index >= 15 is 0 Å². The number of pyridine rings is 1. The monoisotopic (exact) mass is 169 g/mol. The normalized spacial score (nSPS) is 10.1. The minimum absolute atomic E-state index is 0.586. The van der Waals surface area contributed by atoms with E-state index in [0.717, 1.165) is 18.5 Å². The molecule has 0 bridgehead atoms. The molecule has 0 spiro atoms. The number of hydrogen-bond acceptors (Lipinski definition) is 1. The fourth-order valence-electron chi connectivity index (χ4n) is 1.09. The van der Waals surface area contributed by atoms with Crippen LogP contribution in [0, 0.1) is 6.92 Å². The maximum Gasteiger partial charge on any atom is 0.129 e. The Bertz CT molecular complexity index is 245. The molecule has 0 N–H and O–H groups in total. The third kappa shape index (κ3) is 2.19. The van der Waals surface area contributed by atoms with E-state index in [0.29, 0.717) is 5.15 Å². The zero-order chi connectivity index (χ0) is 8.27. The molecule has 0 aromatic carbocycles. The van der Waals surface area contributed by atoms with Gasteiger partial charge in [0.15, 0.2) is 0 Å². The molecule has 1 nitrogen and oxygen atoms in total. The van der Waals surface area contributed by atoms with Gasteiger partial charge in [-0.05, 0) is 25.0 Å². The molecular formula is C9H12ClN. The van der Waals surface area contributed by atoms with Gasteiger partial charge in [0.1, 0.15) is 5.15 Å². The molecular weight excluding hydrogens is 158 g/mol. The highest BCUT2D eigenvalue weighted by atomic mass is 35.5. The van der Waals surface area contributed by atoms with Gasteiger partial charge in [-0.25, -0.2) is 4.98 Å². The van der Waals surface area contributed by atoms with Crippen LogP contribution in [0.2, 0.25) is 5.15 Å². The molecule has 2 heteroatoms. The van der Waals surface area contributed by atoms with Crippen molar-refractivity contribution in [1.82, 2.24) is 4.98 Å². The van der Waals surface area contributed by atoms with E-state index in [1.807, 2.05) is 19.1 Å². The van der Waals surface area contributed by atoms with Gasteiger partial charge >= 0.3 is 0 Å². The second-order valence-corrected chi connectivity index (χ2v) is 3.02. The summed E-state index contributed by atoms with van der Waals surface area (Å²) < 4.78 is 0. The van der Waals surface area contributed by atoms with Gasteiger partial charge in [0, 0.05) is 5.69 Å². The van der Waals surface area contributed by atoms with Gasteiger partial charge in [-0.2, -0.15) is 0 Å². The number of hydrogen-bond donors (Lipinski definition) is 0. The van der Waals surface area contributed by atoms with Crippen LogP contribution in [0.4, 0.5) is 0 Å². The number of halogens is 1. The molecule has 0 fully saturated rings. The molecule has 0 aliphatic heterocycles. The van der Waals surface area contributed by atoms with Crippen molar-refractivity contribution in [3.05, 3.63) is 28.5 Å². The highest BCUT2D eigenvalue weighted by Crippen LogP contribution is 2.11. The lowest BCUT2D eigenvalue weighted by atomic mass is 10.1. The number of aromatic nitrogens is 1. The Hall–Kier alpha value is -0.560. The van der Waals surface area contributed by atoms with Crippen molar-refractivity contribution in [1.29, 1.82) is 0 Å². The smallest absolute Gasteiger partial charge is 0.129 e. The minimum Gasteiger partial charge on any atom is -0.241 e. The van der Waals surface area contributed by atoms with Crippen molar-refractivity contribution >= 4 is 11.6 Å². The molecule has 1 rings (SSSR count). The summed E-state index contributed by atoms with van der Waals surface area (Å²) in [5.41, 5.74) is 2.36. The van der Waals surface area contributed by atoms with Gasteiger partial charge in [-0.15, -0.1) is 0 Å². The van der Waals surface area contributed by atoms with Crippen molar-refractivity contribution in [3.63, 3.8) is 0 Å². The fraction of sp³-hybridized carbons (Fsp3) is 0.444. The maximum atomic E-state index is 5.71. The Kier molecular flexibility index (Phi) is 2.89. The molecule has 1 aromatic rings. The largest absolute Gasteiger partial charge is 0.241 e. The second-order valence-electron chi connectivity index (χ2n) is 2.63. The van der Waals surface area contributed by atoms with Crippen molar-refractivity contribution in [2.75, 3.05) is 0 Å². The van der Waals surface area contributed by atoms with Crippen molar-refractivity contribution in [3.8, 4) is 0 Å². The number of rotatable bonds is 2. The van der Waals surface area contributed by atoms with Crippen LogP contribution in [0.25, 0.3) is 0 Å². The first-order chi connectivity index (χ1) is 5.24. The van der Waals surface area contributed by atoms with E-state index in [-0.39, 0.29) is 0 Å². The summed E-state index contributed by atoms with van der Waals surface area (Å²) in [4.78, 5) is 4.16. The van der Waals surface area contributed by atoms with Gasteiger partial charge in [0.2, 0.25) is 0 Å². The van der Waals surface area contributed by atoms with Crippen LogP contribution in [0.5, 0.6) is 0 Å². The Labute approximate surface area is 72.4 Å². The van der Waals surface area contributed by atoms with Gasteiger partial charge in [-0.3, -0.25) is 0 Å². The summed E-state index contributed by atoms with van der Waals surface area (Å²) in [5.74, 6) is 0. The first-order valence-electron chi connectivity index (χ1n) is 3.86. The van der Waals surface area contributed by atoms with E-state index in [9.17, 15) is 0 Å². The van der Waals surface area contributed by atoms with E-state index in [4.69, 9.17) is 11.6 Å². The van der Waals surface area contributed by atoms with E-state index < -0.39 is 0 Å². The standard InChI is InChI=1S/C9H12ClN/c1-3-4-8-5-6-9(10)11-7(8)2/h5-6H,3-4H2,1-2H3. The van der Waals surface area contributed by atoms with E-state index in [1.54, 1.807) is 0 Å². The molecule has 0 atom stereocenters. The van der Waals surface area contributed by atoms with Crippen LogP contribution in [-0.2, 0) is 6.42 Å². The third-order valence-electron chi connectivity index (χ3n) is 1.68. The molecule has 1 aromatic heterocycles. The van der Waals surface area contributed by atoms with Crippen molar-refractivity contribution in [2.45, 2.75) is 26.7 Å². The quantitative estimate of drug-likeness (QED) is 0.621. The van der Waals surface area contributed by atoms with Gasteiger partial charge < -0.3 is 0 Å². The first kappa shape index (κ1) is 8.54. The summed E-state index contributed by atoms with van der Waals surface area (Å²) in [5, 5.41) is 0.586. The summed E-state index contributed by atoms with van der Waals surface area (Å²) >= 11 is 5.71. The lowest BCUT2D eigenvalue weighted by Crippen LogP contribution is -1.91. The molecule has 0 radical (unpaired) electrons. The topological polar surface area (TPSA) is 12.9 Å². The average Bonchev–Trinajstić information content (AvgIpc) is 1.95. The molecule has 1 heterocycles.